The largest absolute Gasteiger partial charge is 0.489 e. The maximum absolute atomic E-state index is 5.91. The van der Waals surface area contributed by atoms with Crippen molar-refractivity contribution in [2.75, 3.05) is 0 Å². The number of ether oxygens (including phenoxy) is 1. The summed E-state index contributed by atoms with van der Waals surface area (Å²) in [5.74, 6) is 0.950. The lowest BCUT2D eigenvalue weighted by Crippen LogP contribution is -1.99. The van der Waals surface area contributed by atoms with Gasteiger partial charge in [0.25, 0.3) is 0 Å². The second-order valence-corrected chi connectivity index (χ2v) is 4.92. The molecule has 19 heavy (non-hydrogen) atoms. The Morgan fingerprint density at radius 1 is 1.00 bits per heavy atom. The summed E-state index contributed by atoms with van der Waals surface area (Å²) in [4.78, 5) is 0. The lowest BCUT2D eigenvalue weighted by atomic mass is 9.98. The molecule has 0 aliphatic rings. The summed E-state index contributed by atoms with van der Waals surface area (Å²) >= 11 is 0. The Kier molecular flexibility index (Phi) is 4.06. The van der Waals surface area contributed by atoms with Crippen LogP contribution in [0, 0.1) is 13.8 Å². The van der Waals surface area contributed by atoms with Gasteiger partial charge in [0.15, 0.2) is 0 Å². The van der Waals surface area contributed by atoms with E-state index in [0.29, 0.717) is 6.61 Å². The van der Waals surface area contributed by atoms with Gasteiger partial charge in [-0.15, -0.1) is 0 Å². The van der Waals surface area contributed by atoms with Gasteiger partial charge in [0.1, 0.15) is 12.4 Å². The van der Waals surface area contributed by atoms with Crippen LogP contribution in [-0.2, 0) is 6.61 Å². The molecular weight excluding hydrogens is 232 g/mol. The zero-order chi connectivity index (χ0) is 13.8. The zero-order valence-corrected chi connectivity index (χ0v) is 11.9. The molecule has 0 amide bonds. The molecule has 0 atom stereocenters. The van der Waals surface area contributed by atoms with Crippen LogP contribution in [0.15, 0.2) is 49.0 Å². The molecule has 1 nitrogen and oxygen atoms in total. The molecule has 2 aromatic rings. The Bertz CT molecular complexity index is 582. The van der Waals surface area contributed by atoms with Crippen molar-refractivity contribution in [3.8, 4) is 5.75 Å². The molecule has 2 aromatic carbocycles. The molecule has 0 aromatic heterocycles. The number of hydrogen-bond acceptors (Lipinski definition) is 1. The number of hydrogen-bond donors (Lipinski definition) is 0. The molecule has 0 spiro atoms. The number of rotatable bonds is 4. The third-order valence-electron chi connectivity index (χ3n) is 3.43. The quantitative estimate of drug-likeness (QED) is 0.750. The van der Waals surface area contributed by atoms with Crippen LogP contribution >= 0.6 is 0 Å². The number of allylic oxidation sites excluding steroid dienone is 1. The van der Waals surface area contributed by atoms with Crippen LogP contribution in [-0.4, -0.2) is 0 Å². The molecule has 0 N–H and O–H groups in total. The smallest absolute Gasteiger partial charge is 0.123 e. The summed E-state index contributed by atoms with van der Waals surface area (Å²) in [5, 5.41) is 0. The third kappa shape index (κ3) is 3.05. The topological polar surface area (TPSA) is 9.23 Å². The number of benzene rings is 2. The summed E-state index contributed by atoms with van der Waals surface area (Å²) in [6.45, 7) is 10.9. The van der Waals surface area contributed by atoms with Crippen molar-refractivity contribution >= 4 is 5.57 Å². The average Bonchev–Trinajstić information content (AvgIpc) is 2.41. The molecule has 0 bridgehead atoms. The Morgan fingerprint density at radius 2 is 1.68 bits per heavy atom. The van der Waals surface area contributed by atoms with Gasteiger partial charge in [-0.3, -0.25) is 0 Å². The van der Waals surface area contributed by atoms with Gasteiger partial charge in [-0.25, -0.2) is 0 Å². The van der Waals surface area contributed by atoms with Gasteiger partial charge >= 0.3 is 0 Å². The molecule has 0 saturated carbocycles. The molecule has 0 unspecified atom stereocenters. The van der Waals surface area contributed by atoms with E-state index in [9.17, 15) is 0 Å². The minimum Gasteiger partial charge on any atom is -0.489 e. The van der Waals surface area contributed by atoms with Gasteiger partial charge in [0.2, 0.25) is 0 Å². The Hall–Kier alpha value is -2.02. The molecule has 0 aliphatic heterocycles. The first-order chi connectivity index (χ1) is 9.09. The highest BCUT2D eigenvalue weighted by atomic mass is 16.5. The summed E-state index contributed by atoms with van der Waals surface area (Å²) in [6.07, 6.45) is 0. The fraction of sp³-hybridized carbons (Fsp3) is 0.222. The van der Waals surface area contributed by atoms with Gasteiger partial charge in [-0.2, -0.15) is 0 Å². The van der Waals surface area contributed by atoms with Gasteiger partial charge in [0, 0.05) is 0 Å². The lowest BCUT2D eigenvalue weighted by molar-refractivity contribution is 0.304. The normalized spacial score (nSPS) is 10.3. The highest BCUT2D eigenvalue weighted by molar-refractivity contribution is 5.67. The van der Waals surface area contributed by atoms with Crippen LogP contribution in [0.4, 0.5) is 0 Å². The van der Waals surface area contributed by atoms with Crippen molar-refractivity contribution in [3.63, 3.8) is 0 Å². The van der Waals surface area contributed by atoms with Crippen molar-refractivity contribution in [1.82, 2.24) is 0 Å². The van der Waals surface area contributed by atoms with Crippen molar-refractivity contribution in [2.24, 2.45) is 0 Å². The lowest BCUT2D eigenvalue weighted by Gasteiger charge is -2.14. The van der Waals surface area contributed by atoms with E-state index >= 15 is 0 Å². The van der Waals surface area contributed by atoms with Crippen molar-refractivity contribution < 1.29 is 4.74 Å². The summed E-state index contributed by atoms with van der Waals surface area (Å²) in [7, 11) is 0. The van der Waals surface area contributed by atoms with Crippen LogP contribution in [0.3, 0.4) is 0 Å². The molecule has 0 aliphatic carbocycles. The van der Waals surface area contributed by atoms with E-state index in [1.165, 1.54) is 22.3 Å². The molecule has 1 heteroatoms. The third-order valence-corrected chi connectivity index (χ3v) is 3.43. The van der Waals surface area contributed by atoms with Crippen LogP contribution in [0.2, 0.25) is 0 Å². The monoisotopic (exact) mass is 252 g/mol. The fourth-order valence-corrected chi connectivity index (χ4v) is 2.15. The molecule has 98 valence electrons. The van der Waals surface area contributed by atoms with E-state index in [1.807, 2.05) is 31.2 Å². The second kappa shape index (κ2) is 5.75. The van der Waals surface area contributed by atoms with Crippen LogP contribution in [0.25, 0.3) is 5.57 Å². The van der Waals surface area contributed by atoms with Crippen LogP contribution in [0.1, 0.15) is 29.2 Å². The Labute approximate surface area is 115 Å². The Balaban J connectivity index is 2.18. The predicted molar refractivity (Wildman–Crippen MR) is 81.4 cm³/mol. The fourth-order valence-electron chi connectivity index (χ4n) is 2.15. The first-order valence-corrected chi connectivity index (χ1v) is 6.52. The van der Waals surface area contributed by atoms with Gasteiger partial charge in [0.05, 0.1) is 0 Å². The highest BCUT2D eigenvalue weighted by Gasteiger charge is 2.07. The first-order valence-electron chi connectivity index (χ1n) is 6.52. The summed E-state index contributed by atoms with van der Waals surface area (Å²) in [6, 6.07) is 14.3. The molecular formula is C18H20O. The van der Waals surface area contributed by atoms with Crippen LogP contribution in [0.5, 0.6) is 5.75 Å². The predicted octanol–water partition coefficient (Wildman–Crippen LogP) is 4.92. The van der Waals surface area contributed by atoms with E-state index in [0.717, 1.165) is 11.3 Å². The van der Waals surface area contributed by atoms with Crippen molar-refractivity contribution in [1.29, 1.82) is 0 Å². The van der Waals surface area contributed by atoms with Crippen LogP contribution < -0.4 is 4.74 Å². The maximum atomic E-state index is 5.91. The Morgan fingerprint density at radius 3 is 2.32 bits per heavy atom. The van der Waals surface area contributed by atoms with E-state index in [-0.39, 0.29) is 0 Å². The van der Waals surface area contributed by atoms with E-state index in [1.54, 1.807) is 0 Å². The molecule has 0 saturated heterocycles. The zero-order valence-electron chi connectivity index (χ0n) is 11.9. The summed E-state index contributed by atoms with van der Waals surface area (Å²) < 4.78 is 5.91. The van der Waals surface area contributed by atoms with E-state index < -0.39 is 0 Å². The minimum atomic E-state index is 0.605. The molecule has 0 radical (unpaired) electrons. The molecule has 2 rings (SSSR count). The van der Waals surface area contributed by atoms with Crippen molar-refractivity contribution in [2.45, 2.75) is 27.4 Å². The van der Waals surface area contributed by atoms with Gasteiger partial charge in [-0.1, -0.05) is 48.6 Å². The average molecular weight is 252 g/mol. The maximum Gasteiger partial charge on any atom is 0.123 e. The SMILES string of the molecule is C=C(C)c1ccc(OCc2ccccc2)c(C)c1C. The van der Waals surface area contributed by atoms with Crippen molar-refractivity contribution in [3.05, 3.63) is 71.3 Å². The molecule has 0 heterocycles. The first kappa shape index (κ1) is 13.4. The second-order valence-electron chi connectivity index (χ2n) is 4.92. The summed E-state index contributed by atoms with van der Waals surface area (Å²) in [5.41, 5.74) is 5.93. The van der Waals surface area contributed by atoms with Gasteiger partial charge in [-0.05, 0) is 49.1 Å². The standard InChI is InChI=1S/C18H20O/c1-13(2)17-10-11-18(15(4)14(17)3)19-12-16-8-6-5-7-9-16/h5-11H,1,12H2,2-4H3. The van der Waals surface area contributed by atoms with E-state index in [2.05, 4.69) is 38.6 Å². The van der Waals surface area contributed by atoms with E-state index in [4.69, 9.17) is 4.74 Å². The molecule has 0 fully saturated rings. The van der Waals surface area contributed by atoms with Gasteiger partial charge < -0.3 is 4.74 Å². The highest BCUT2D eigenvalue weighted by Crippen LogP contribution is 2.28. The minimum absolute atomic E-state index is 0.605.